The van der Waals surface area contributed by atoms with Crippen LogP contribution in [0.3, 0.4) is 0 Å². The van der Waals surface area contributed by atoms with Crippen LogP contribution in [0.2, 0.25) is 0 Å². The molecule has 1 aromatic rings. The van der Waals surface area contributed by atoms with E-state index in [1.165, 1.54) is 0 Å². The highest BCUT2D eigenvalue weighted by Crippen LogP contribution is 2.61. The summed E-state index contributed by atoms with van der Waals surface area (Å²) >= 11 is 0. The molecule has 1 aromatic carbocycles. The van der Waals surface area contributed by atoms with Gasteiger partial charge in [-0.1, -0.05) is 24.3 Å². The first-order chi connectivity index (χ1) is 10.6. The number of carbonyl (C=O) groups excluding carboxylic acids is 1. The zero-order chi connectivity index (χ0) is 16.9. The molecular formula is C15H16F3NO3S. The molecule has 1 saturated carbocycles. The van der Waals surface area contributed by atoms with Crippen molar-refractivity contribution in [3.05, 3.63) is 35.4 Å². The second kappa shape index (κ2) is 5.22. The van der Waals surface area contributed by atoms with Crippen LogP contribution in [0.5, 0.6) is 0 Å². The van der Waals surface area contributed by atoms with Crippen LogP contribution < -0.4 is 4.72 Å². The minimum Gasteiger partial charge on any atom is -0.274 e. The highest BCUT2D eigenvalue weighted by molar-refractivity contribution is 7.90. The Morgan fingerprint density at radius 3 is 2.70 bits per heavy atom. The largest absolute Gasteiger partial charge is 0.390 e. The van der Waals surface area contributed by atoms with Crippen LogP contribution in [0.25, 0.3) is 0 Å². The van der Waals surface area contributed by atoms with Gasteiger partial charge in [0.1, 0.15) is 0 Å². The average Bonchev–Trinajstić information content (AvgIpc) is 3.07. The van der Waals surface area contributed by atoms with E-state index in [9.17, 15) is 26.4 Å². The van der Waals surface area contributed by atoms with Gasteiger partial charge in [-0.05, 0) is 30.4 Å². The molecule has 126 valence electrons. The first-order valence-electron chi connectivity index (χ1n) is 7.32. The number of hydrogen-bond acceptors (Lipinski definition) is 3. The standard InChI is InChI=1S/C15H16F3NO3S/c16-15(17,18)7-8-23(21,22)19-13(20)12-9-14(12)6-5-10-3-1-2-4-11(10)14/h1-4,12H,5-9H2,(H,19,20)/t12-,14-/m1/s1. The summed E-state index contributed by atoms with van der Waals surface area (Å²) < 4.78 is 61.4. The van der Waals surface area contributed by atoms with Crippen molar-refractivity contribution in [1.82, 2.24) is 4.72 Å². The molecule has 1 N–H and O–H groups in total. The number of carbonyl (C=O) groups is 1. The Kier molecular flexibility index (Phi) is 3.70. The van der Waals surface area contributed by atoms with E-state index in [1.54, 1.807) is 4.72 Å². The van der Waals surface area contributed by atoms with Crippen molar-refractivity contribution < 1.29 is 26.4 Å². The quantitative estimate of drug-likeness (QED) is 0.909. The van der Waals surface area contributed by atoms with E-state index in [4.69, 9.17) is 0 Å². The number of rotatable bonds is 4. The SMILES string of the molecule is O=C(NS(=O)(=O)CCC(F)(F)F)[C@H]1C[C@@]12CCc1ccccc12. The van der Waals surface area contributed by atoms with Crippen molar-refractivity contribution in [3.63, 3.8) is 0 Å². The number of hydrogen-bond donors (Lipinski definition) is 1. The molecule has 1 amide bonds. The molecule has 0 radical (unpaired) electrons. The third-order valence-corrected chi connectivity index (χ3v) is 5.95. The van der Waals surface area contributed by atoms with Gasteiger partial charge in [-0.15, -0.1) is 0 Å². The monoisotopic (exact) mass is 347 g/mol. The summed E-state index contributed by atoms with van der Waals surface area (Å²) in [4.78, 5) is 12.1. The van der Waals surface area contributed by atoms with Crippen molar-refractivity contribution in [3.8, 4) is 0 Å². The molecule has 2 aliphatic carbocycles. The van der Waals surface area contributed by atoms with Gasteiger partial charge < -0.3 is 0 Å². The topological polar surface area (TPSA) is 63.2 Å². The summed E-state index contributed by atoms with van der Waals surface area (Å²) in [5.74, 6) is -2.30. The fraction of sp³-hybridized carbons (Fsp3) is 0.533. The normalized spacial score (nSPS) is 26.1. The molecule has 0 unspecified atom stereocenters. The number of amides is 1. The first-order valence-corrected chi connectivity index (χ1v) is 8.98. The second-order valence-corrected chi connectivity index (χ2v) is 8.06. The van der Waals surface area contributed by atoms with Crippen LogP contribution in [0.1, 0.15) is 30.4 Å². The molecule has 0 heterocycles. The van der Waals surface area contributed by atoms with Crippen molar-refractivity contribution in [2.75, 3.05) is 5.75 Å². The Morgan fingerprint density at radius 2 is 2.00 bits per heavy atom. The highest BCUT2D eigenvalue weighted by atomic mass is 32.2. The molecule has 2 atom stereocenters. The zero-order valence-corrected chi connectivity index (χ0v) is 13.0. The van der Waals surface area contributed by atoms with E-state index in [0.29, 0.717) is 6.42 Å². The van der Waals surface area contributed by atoms with E-state index < -0.39 is 40.2 Å². The van der Waals surface area contributed by atoms with Crippen LogP contribution in [0.4, 0.5) is 13.2 Å². The molecule has 23 heavy (non-hydrogen) atoms. The Hall–Kier alpha value is -1.57. The summed E-state index contributed by atoms with van der Waals surface area (Å²) in [6.07, 6.45) is -3.88. The van der Waals surface area contributed by atoms with Crippen molar-refractivity contribution >= 4 is 15.9 Å². The minimum atomic E-state index is -4.57. The van der Waals surface area contributed by atoms with Gasteiger partial charge in [0.2, 0.25) is 15.9 Å². The summed E-state index contributed by atoms with van der Waals surface area (Å²) in [5, 5.41) is 0. The third-order valence-electron chi connectivity index (χ3n) is 4.70. The fourth-order valence-electron chi connectivity index (χ4n) is 3.46. The Bertz CT molecular complexity index is 745. The lowest BCUT2D eigenvalue weighted by atomic mass is 9.95. The van der Waals surface area contributed by atoms with Crippen molar-refractivity contribution in [2.24, 2.45) is 5.92 Å². The number of halogens is 3. The highest BCUT2D eigenvalue weighted by Gasteiger charge is 2.61. The number of fused-ring (bicyclic) bond motifs is 2. The van der Waals surface area contributed by atoms with Gasteiger partial charge in [-0.2, -0.15) is 13.2 Å². The molecule has 1 spiro atoms. The summed E-state index contributed by atoms with van der Waals surface area (Å²) in [6.45, 7) is 0. The molecule has 8 heteroatoms. The maximum absolute atomic E-state index is 12.1. The molecule has 2 aliphatic rings. The predicted octanol–water partition coefficient (Wildman–Crippen LogP) is 2.29. The molecule has 1 fully saturated rings. The van der Waals surface area contributed by atoms with E-state index in [0.717, 1.165) is 24.0 Å². The van der Waals surface area contributed by atoms with Gasteiger partial charge >= 0.3 is 6.18 Å². The Balaban J connectivity index is 1.66. The second-order valence-electron chi connectivity index (χ2n) is 6.22. The fourth-order valence-corrected chi connectivity index (χ4v) is 4.52. The minimum absolute atomic E-state index is 0.333. The molecule has 0 saturated heterocycles. The first kappa shape index (κ1) is 16.3. The van der Waals surface area contributed by atoms with E-state index >= 15 is 0 Å². The molecule has 4 nitrogen and oxygen atoms in total. The van der Waals surface area contributed by atoms with Crippen LogP contribution in [-0.4, -0.2) is 26.3 Å². The summed E-state index contributed by atoms with van der Waals surface area (Å²) in [6, 6.07) is 7.71. The van der Waals surface area contributed by atoms with Crippen LogP contribution in [-0.2, 0) is 26.7 Å². The molecular weight excluding hydrogens is 331 g/mol. The summed E-state index contributed by atoms with van der Waals surface area (Å²) in [7, 11) is -4.26. The number of benzene rings is 1. The smallest absolute Gasteiger partial charge is 0.274 e. The van der Waals surface area contributed by atoms with E-state index in [1.807, 2.05) is 24.3 Å². The van der Waals surface area contributed by atoms with Gasteiger partial charge in [0.25, 0.3) is 0 Å². The number of nitrogens with one attached hydrogen (secondary N) is 1. The van der Waals surface area contributed by atoms with Gasteiger partial charge in [0.05, 0.1) is 12.2 Å². The van der Waals surface area contributed by atoms with Gasteiger partial charge in [-0.25, -0.2) is 8.42 Å². The Morgan fingerprint density at radius 1 is 1.30 bits per heavy atom. The van der Waals surface area contributed by atoms with Crippen molar-refractivity contribution in [2.45, 2.75) is 37.3 Å². The summed E-state index contributed by atoms with van der Waals surface area (Å²) in [5.41, 5.74) is 1.89. The van der Waals surface area contributed by atoms with Gasteiger partial charge in [-0.3, -0.25) is 9.52 Å². The average molecular weight is 347 g/mol. The molecule has 0 bridgehead atoms. The number of aryl methyl sites for hydroxylation is 1. The molecule has 0 aliphatic heterocycles. The third kappa shape index (κ3) is 3.22. The maximum atomic E-state index is 12.1. The lowest BCUT2D eigenvalue weighted by Gasteiger charge is -2.12. The van der Waals surface area contributed by atoms with Gasteiger partial charge in [0.15, 0.2) is 0 Å². The molecule has 3 rings (SSSR count). The zero-order valence-electron chi connectivity index (χ0n) is 12.2. The Labute approximate surface area is 132 Å². The van der Waals surface area contributed by atoms with E-state index in [-0.39, 0.29) is 5.41 Å². The van der Waals surface area contributed by atoms with Crippen LogP contribution in [0.15, 0.2) is 24.3 Å². The van der Waals surface area contributed by atoms with E-state index in [2.05, 4.69) is 0 Å². The van der Waals surface area contributed by atoms with Gasteiger partial charge in [0, 0.05) is 11.3 Å². The molecule has 0 aromatic heterocycles. The lowest BCUT2D eigenvalue weighted by Crippen LogP contribution is -2.36. The van der Waals surface area contributed by atoms with Crippen LogP contribution >= 0.6 is 0 Å². The van der Waals surface area contributed by atoms with Crippen LogP contribution in [0, 0.1) is 5.92 Å². The predicted molar refractivity (Wildman–Crippen MR) is 77.1 cm³/mol. The maximum Gasteiger partial charge on any atom is 0.390 e. The lowest BCUT2D eigenvalue weighted by molar-refractivity contribution is -0.130. The number of alkyl halides is 3. The number of sulfonamides is 1. The van der Waals surface area contributed by atoms with Crippen molar-refractivity contribution in [1.29, 1.82) is 0 Å².